The van der Waals surface area contributed by atoms with E-state index in [1.54, 1.807) is 91.0 Å². The summed E-state index contributed by atoms with van der Waals surface area (Å²) in [6.07, 6.45) is 8.46. The molecule has 0 amide bonds. The van der Waals surface area contributed by atoms with Gasteiger partial charge in [-0.1, -0.05) is 91.0 Å². The molecule has 35 nitrogen and oxygen atoms in total. The van der Waals surface area contributed by atoms with Crippen LogP contribution in [0.1, 0.15) is 105 Å². The number of fused-ring (bicyclic) bond motifs is 10. The predicted molar refractivity (Wildman–Crippen MR) is 549 cm³/mol. The Morgan fingerprint density at radius 1 is 0.299 bits per heavy atom. The van der Waals surface area contributed by atoms with Crippen LogP contribution < -0.4 is 16.0 Å². The summed E-state index contributed by atoms with van der Waals surface area (Å²) in [6.45, 7) is 24.0. The van der Waals surface area contributed by atoms with Crippen LogP contribution in [0.5, 0.6) is 57.5 Å². The summed E-state index contributed by atoms with van der Waals surface area (Å²) in [5, 5.41) is 161. The molecule has 0 saturated carbocycles. The molecule has 15 heterocycles. The third kappa shape index (κ3) is 19.5. The Morgan fingerprint density at radius 2 is 0.569 bits per heavy atom. The zero-order chi connectivity index (χ0) is 98.9. The normalized spacial score (nSPS) is 19.8. The van der Waals surface area contributed by atoms with Gasteiger partial charge < -0.3 is 98.7 Å². The molecule has 144 heavy (non-hydrogen) atoms. The number of hydrogen-bond acceptors (Lipinski definition) is 35. The first-order valence-electron chi connectivity index (χ1n) is 48.1. The van der Waals surface area contributed by atoms with E-state index in [0.29, 0.717) is 204 Å². The Balaban J connectivity index is 0.000000106. The van der Waals surface area contributed by atoms with Gasteiger partial charge in [-0.2, -0.15) is 0 Å². The van der Waals surface area contributed by atoms with Gasteiger partial charge in [0.05, 0.1) is 125 Å². The molecule has 5 fully saturated rings. The van der Waals surface area contributed by atoms with Crippen LogP contribution in [0.25, 0.3) is 114 Å². The predicted octanol–water partition coefficient (Wildman–Crippen LogP) is 21.2. The minimum atomic E-state index is 0.0327. The van der Waals surface area contributed by atoms with Crippen molar-refractivity contribution in [3.63, 3.8) is 0 Å². The van der Waals surface area contributed by atoms with E-state index in [9.17, 15) is 51.1 Å². The Morgan fingerprint density at radius 3 is 0.875 bits per heavy atom. The van der Waals surface area contributed by atoms with Gasteiger partial charge in [-0.25, -0.2) is 0 Å². The van der Waals surface area contributed by atoms with Gasteiger partial charge in [0, 0.05) is 207 Å². The first kappa shape index (κ1) is 94.4. The largest absolute Gasteiger partial charge is 0.507 e. The molecule has 5 saturated heterocycles. The first-order chi connectivity index (χ1) is 70.1. The number of phenolic OH excluding ortho intramolecular Hbond substituents is 5. The highest BCUT2D eigenvalue weighted by atomic mass is 16.5. The van der Waals surface area contributed by atoms with Crippen molar-refractivity contribution in [2.75, 3.05) is 118 Å². The monoisotopic (exact) mass is 1940 g/mol. The SMILES string of the molecule is CC1CN(Cc2c(O)ccc3c(O)c(C=C4N=Nc5ccccc54)oc23)CC(C)N1.CN1CCN(Cc2c(O)ccc3c(O)c(C=C4N=Nc5ccccc54)oc23)CC1.C[C@H]1CNCCN1Cc1c(O)ccc2c(O)c(C=C3N=Nc4ccccc43)oc12.Oc1ccc2c(O)c(C=C3N=Nc4ccccc43)oc2c1CN1CCNCC1.Oc1ccc2c(O)c(C=C3N=Nc4ccccc43)oc2c1CN1CCOCC1. The second-order valence-corrected chi connectivity index (χ2v) is 37.2. The Hall–Kier alpha value is -15.8. The van der Waals surface area contributed by atoms with E-state index in [-0.39, 0.29) is 57.5 Å². The van der Waals surface area contributed by atoms with Crippen molar-refractivity contribution in [1.82, 2.24) is 45.3 Å². The number of likely N-dealkylation sites (N-methyl/N-ethyl adjacent to an activating group) is 1. The number of azo groups is 5. The van der Waals surface area contributed by atoms with Gasteiger partial charge in [-0.3, -0.25) is 24.5 Å². The molecule has 5 aromatic heterocycles. The second-order valence-electron chi connectivity index (χ2n) is 37.2. The average Bonchev–Trinajstić information content (AvgIpc) is 1.66. The van der Waals surface area contributed by atoms with E-state index in [0.717, 1.165) is 154 Å². The second kappa shape index (κ2) is 41.0. The van der Waals surface area contributed by atoms with Gasteiger partial charge in [0.2, 0.25) is 0 Å². The summed E-state index contributed by atoms with van der Waals surface area (Å²) >= 11 is 0. The highest BCUT2D eigenvalue weighted by molar-refractivity contribution is 6.01. The van der Waals surface area contributed by atoms with Gasteiger partial charge in [0.25, 0.3) is 0 Å². The summed E-state index contributed by atoms with van der Waals surface area (Å²) < 4.78 is 35.5. The van der Waals surface area contributed by atoms with Crippen LogP contribution in [0, 0.1) is 0 Å². The molecule has 0 spiro atoms. The number of rotatable bonds is 15. The minimum Gasteiger partial charge on any atom is -0.507 e. The lowest BCUT2D eigenvalue weighted by Crippen LogP contribution is -2.53. The van der Waals surface area contributed by atoms with Gasteiger partial charge in [0.1, 0.15) is 56.7 Å². The number of furan rings is 5. The third-order valence-corrected chi connectivity index (χ3v) is 27.3. The number of benzene rings is 10. The number of ether oxygens (including phenoxy) is 1. The lowest BCUT2D eigenvalue weighted by atomic mass is 10.1. The fraction of sp³-hybridized carbons (Fsp3) is 0.266. The van der Waals surface area contributed by atoms with E-state index in [4.69, 9.17) is 26.8 Å². The topological polar surface area (TPSA) is 456 Å². The Labute approximate surface area is 826 Å². The van der Waals surface area contributed by atoms with Crippen molar-refractivity contribution in [2.45, 2.75) is 71.6 Å². The first-order valence-corrected chi connectivity index (χ1v) is 48.1. The van der Waals surface area contributed by atoms with Crippen LogP contribution in [0.15, 0.2) is 255 Å². The molecule has 10 aliphatic rings. The van der Waals surface area contributed by atoms with Crippen molar-refractivity contribution < 1.29 is 77.9 Å². The van der Waals surface area contributed by atoms with E-state index < -0.39 is 0 Å². The van der Waals surface area contributed by atoms with Gasteiger partial charge >= 0.3 is 0 Å². The molecule has 0 radical (unpaired) electrons. The van der Waals surface area contributed by atoms with Crippen molar-refractivity contribution in [1.29, 1.82) is 0 Å². The highest BCUT2D eigenvalue weighted by Gasteiger charge is 2.33. The molecule has 15 aromatic rings. The molecule has 2 unspecified atom stereocenters. The molecular weight excluding hydrogens is 1830 g/mol. The van der Waals surface area contributed by atoms with Crippen LogP contribution in [-0.2, 0) is 37.5 Å². The third-order valence-electron chi connectivity index (χ3n) is 27.3. The van der Waals surface area contributed by atoms with Crippen molar-refractivity contribution in [3.05, 3.63) is 266 Å². The zero-order valence-corrected chi connectivity index (χ0v) is 79.6. The molecule has 13 N–H and O–H groups in total. The van der Waals surface area contributed by atoms with Crippen molar-refractivity contribution in [2.24, 2.45) is 51.1 Å². The quantitative estimate of drug-likeness (QED) is 0.0453. The summed E-state index contributed by atoms with van der Waals surface area (Å²) in [5.41, 5.74) is 17.5. The maximum Gasteiger partial charge on any atom is 0.172 e. The maximum atomic E-state index is 10.8. The molecular formula is C109H107N19O16. The average molecular weight is 1940 g/mol. The molecule has 734 valence electrons. The minimum absolute atomic E-state index is 0.0327. The van der Waals surface area contributed by atoms with Crippen LogP contribution in [0.2, 0.25) is 0 Å². The van der Waals surface area contributed by atoms with Crippen molar-refractivity contribution >= 4 is 142 Å². The summed E-state index contributed by atoms with van der Waals surface area (Å²) in [4.78, 5) is 13.6. The lowest BCUT2D eigenvalue weighted by molar-refractivity contribution is 0.0339. The van der Waals surface area contributed by atoms with Gasteiger partial charge in [0.15, 0.2) is 57.5 Å². The number of hydrogen-bond donors (Lipinski definition) is 13. The fourth-order valence-electron chi connectivity index (χ4n) is 19.6. The maximum absolute atomic E-state index is 10.8. The Kier molecular flexibility index (Phi) is 26.9. The molecule has 0 aliphatic carbocycles. The Bertz CT molecular complexity index is 7600. The van der Waals surface area contributed by atoms with E-state index in [1.807, 2.05) is 121 Å². The summed E-state index contributed by atoms with van der Waals surface area (Å²) in [6, 6.07) is 55.8. The van der Waals surface area contributed by atoms with Crippen LogP contribution in [-0.4, -0.2) is 217 Å². The molecule has 10 aliphatic heterocycles. The molecule has 0 bridgehead atoms. The lowest BCUT2D eigenvalue weighted by Gasteiger charge is -2.36. The van der Waals surface area contributed by atoms with Crippen LogP contribution in [0.4, 0.5) is 28.4 Å². The number of piperazine rings is 4. The molecule has 25 rings (SSSR count). The van der Waals surface area contributed by atoms with E-state index >= 15 is 0 Å². The number of aromatic hydroxyl groups is 10. The molecule has 10 aromatic carbocycles. The summed E-state index contributed by atoms with van der Waals surface area (Å²) in [5.74, 6) is 2.59. The molecule has 35 heteroatoms. The summed E-state index contributed by atoms with van der Waals surface area (Å²) in [7, 11) is 2.11. The number of nitrogens with one attached hydrogen (secondary N) is 3. The number of nitrogens with zero attached hydrogens (tertiary/aromatic N) is 16. The van der Waals surface area contributed by atoms with E-state index in [2.05, 4.69) is 124 Å². The van der Waals surface area contributed by atoms with E-state index in [1.165, 1.54) is 0 Å². The standard InChI is InChI=1S/C23H24N4O3.2C22H22N4O3.C21H20N4O3.C21H19N3O4/c1-13-10-27(11-14(2)24-13)12-17-20(28)8-7-16-22(29)21(30-23(16)17)9-19-15-5-3-4-6-18(15)25-26-19;1-25-8-10-26(11-9-25)13-16-19(27)7-6-15-21(28)20(29-22(15)16)12-18-14-4-2-3-5-17(14)23-24-18;1-13-11-23-8-9-26(13)12-16-19(27)7-6-15-21(28)20(29-22(15)16)10-18-14-4-2-3-5-17(14)24-25-18;26-18-6-5-14-20(27)19(11-17-13-3-1-2-4-16(13)23-24-17)28-21(14)15(18)12-25-9-7-22-8-10-25;25-18-6-5-14-20(26)19(11-17-13-3-1-2-4-16(13)22-23-17)28-21(14)15(18)12-24-7-9-27-10-8-24/h3-9,13-14,24,28-29H,10-12H2,1-2H3;2-7,12,27-28H,8-11,13H2,1H3;2-7,10,13,23,27-28H,8-9,11-12H2,1H3;1-6,11,22,26-27H,7-10,12H2;1-6,11,25-26H,7-10,12H2/t;;13-;;/m..0../s1. The zero-order valence-electron chi connectivity index (χ0n) is 79.6. The molecule has 3 atom stereocenters. The number of morpholine rings is 1. The number of phenols is 5. The highest BCUT2D eigenvalue weighted by Crippen LogP contribution is 2.50. The van der Waals surface area contributed by atoms with Crippen LogP contribution >= 0.6 is 0 Å². The smallest absolute Gasteiger partial charge is 0.172 e. The van der Waals surface area contributed by atoms with Crippen LogP contribution in [0.3, 0.4) is 0 Å². The fourth-order valence-corrected chi connectivity index (χ4v) is 19.6. The van der Waals surface area contributed by atoms with Crippen molar-refractivity contribution in [3.8, 4) is 57.5 Å². The van der Waals surface area contributed by atoms with Gasteiger partial charge in [-0.15, -0.1) is 51.1 Å². The van der Waals surface area contributed by atoms with Gasteiger partial charge in [-0.05, 0) is 119 Å².